The van der Waals surface area contributed by atoms with Crippen LogP contribution >= 0.6 is 0 Å². The predicted octanol–water partition coefficient (Wildman–Crippen LogP) is 5.93. The molecule has 1 N–H and O–H groups in total. The van der Waals surface area contributed by atoms with Gasteiger partial charge in [-0.25, -0.2) is 0 Å². The maximum absolute atomic E-state index is 3.61. The van der Waals surface area contributed by atoms with Crippen molar-refractivity contribution in [2.45, 2.75) is 47.0 Å². The Bertz CT molecular complexity index is 573. The van der Waals surface area contributed by atoms with Crippen LogP contribution in [0.25, 0.3) is 5.57 Å². The van der Waals surface area contributed by atoms with Gasteiger partial charge in [-0.2, -0.15) is 0 Å². The third kappa shape index (κ3) is 3.04. The summed E-state index contributed by atoms with van der Waals surface area (Å²) in [6.45, 7) is 8.75. The van der Waals surface area contributed by atoms with Crippen LogP contribution in [0, 0.1) is 0 Å². The van der Waals surface area contributed by atoms with E-state index in [1.807, 2.05) is 0 Å². The molecule has 1 aromatic rings. The first-order valence-electron chi connectivity index (χ1n) is 7.55. The van der Waals surface area contributed by atoms with Crippen LogP contribution in [0.3, 0.4) is 0 Å². The first kappa shape index (κ1) is 14.6. The molecule has 1 heteroatoms. The molecule has 0 fully saturated rings. The number of nitrogens with one attached hydrogen (secondary N) is 1. The van der Waals surface area contributed by atoms with Crippen LogP contribution in [0.2, 0.25) is 0 Å². The molecule has 1 aromatic carbocycles. The van der Waals surface area contributed by atoms with E-state index in [0.717, 1.165) is 19.3 Å². The summed E-state index contributed by atoms with van der Waals surface area (Å²) >= 11 is 0. The van der Waals surface area contributed by atoms with Gasteiger partial charge in [-0.3, -0.25) is 0 Å². The summed E-state index contributed by atoms with van der Waals surface area (Å²) in [5.74, 6) is 0. The Morgan fingerprint density at radius 3 is 2.60 bits per heavy atom. The lowest BCUT2D eigenvalue weighted by atomic mass is 9.98. The number of hydrogen-bond acceptors (Lipinski definition) is 1. The van der Waals surface area contributed by atoms with Gasteiger partial charge < -0.3 is 5.32 Å². The standard InChI is InChI=1S/C19H25N/c1-5-9-16(6-2)20-19-11-8-7-10-18(19)17-13-12-14(3)15(17)4/h6-8,10-12,20H,5,9,13H2,1-4H3. The number of allylic oxidation sites excluding steroid dienone is 6. The fourth-order valence-corrected chi connectivity index (χ4v) is 2.69. The Kier molecular flexibility index (Phi) is 4.84. The Balaban J connectivity index is 2.33. The lowest BCUT2D eigenvalue weighted by Gasteiger charge is -2.16. The summed E-state index contributed by atoms with van der Waals surface area (Å²) in [5, 5.41) is 3.61. The van der Waals surface area contributed by atoms with Gasteiger partial charge in [-0.1, -0.05) is 49.3 Å². The molecule has 106 valence electrons. The molecule has 0 bridgehead atoms. The molecular formula is C19H25N. The van der Waals surface area contributed by atoms with Gasteiger partial charge in [0.05, 0.1) is 0 Å². The van der Waals surface area contributed by atoms with Gasteiger partial charge in [0, 0.05) is 16.9 Å². The van der Waals surface area contributed by atoms with Crippen LogP contribution in [-0.2, 0) is 0 Å². The molecule has 0 unspecified atom stereocenters. The molecule has 0 atom stereocenters. The van der Waals surface area contributed by atoms with Crippen molar-refractivity contribution in [3.05, 3.63) is 58.8 Å². The van der Waals surface area contributed by atoms with Crippen molar-refractivity contribution in [2.75, 3.05) is 5.32 Å². The van der Waals surface area contributed by atoms with E-state index in [4.69, 9.17) is 0 Å². The molecule has 1 aliphatic rings. The summed E-state index contributed by atoms with van der Waals surface area (Å²) in [5.41, 5.74) is 8.17. The molecule has 0 saturated heterocycles. The van der Waals surface area contributed by atoms with Gasteiger partial charge in [0.15, 0.2) is 0 Å². The van der Waals surface area contributed by atoms with Crippen LogP contribution in [-0.4, -0.2) is 0 Å². The summed E-state index contributed by atoms with van der Waals surface area (Å²) in [7, 11) is 0. The molecule has 0 spiro atoms. The van der Waals surface area contributed by atoms with E-state index in [1.54, 1.807) is 0 Å². The number of rotatable bonds is 5. The van der Waals surface area contributed by atoms with Gasteiger partial charge in [0.2, 0.25) is 0 Å². The average molecular weight is 267 g/mol. The topological polar surface area (TPSA) is 12.0 Å². The molecule has 0 amide bonds. The number of hydrogen-bond donors (Lipinski definition) is 1. The fraction of sp³-hybridized carbons (Fsp3) is 0.368. The highest BCUT2D eigenvalue weighted by Crippen LogP contribution is 2.36. The van der Waals surface area contributed by atoms with Crippen molar-refractivity contribution in [3.8, 4) is 0 Å². The van der Waals surface area contributed by atoms with E-state index in [2.05, 4.69) is 69.4 Å². The normalized spacial score (nSPS) is 15.6. The summed E-state index contributed by atoms with van der Waals surface area (Å²) in [4.78, 5) is 0. The molecule has 0 heterocycles. The second-order valence-corrected chi connectivity index (χ2v) is 5.43. The minimum atomic E-state index is 1.05. The summed E-state index contributed by atoms with van der Waals surface area (Å²) in [6.07, 6.45) is 7.82. The Hall–Kier alpha value is -1.76. The minimum Gasteiger partial charge on any atom is -0.359 e. The molecule has 0 aromatic heterocycles. The maximum Gasteiger partial charge on any atom is 0.0458 e. The molecule has 0 radical (unpaired) electrons. The molecule has 1 nitrogen and oxygen atoms in total. The lowest BCUT2D eigenvalue weighted by molar-refractivity contribution is 0.907. The fourth-order valence-electron chi connectivity index (χ4n) is 2.69. The number of anilines is 1. The van der Waals surface area contributed by atoms with Crippen LogP contribution in [0.4, 0.5) is 5.69 Å². The maximum atomic E-state index is 3.61. The lowest BCUT2D eigenvalue weighted by Crippen LogP contribution is -2.02. The molecule has 0 saturated carbocycles. The molecule has 1 aliphatic carbocycles. The third-order valence-corrected chi connectivity index (χ3v) is 4.07. The van der Waals surface area contributed by atoms with E-state index in [9.17, 15) is 0 Å². The number of para-hydroxylation sites is 1. The minimum absolute atomic E-state index is 1.05. The second-order valence-electron chi connectivity index (χ2n) is 5.43. The van der Waals surface area contributed by atoms with Gasteiger partial charge >= 0.3 is 0 Å². The molecule has 0 aliphatic heterocycles. The van der Waals surface area contributed by atoms with E-state index in [1.165, 1.54) is 33.7 Å². The van der Waals surface area contributed by atoms with Crippen molar-refractivity contribution in [1.82, 2.24) is 0 Å². The number of benzene rings is 1. The van der Waals surface area contributed by atoms with Crippen molar-refractivity contribution >= 4 is 11.3 Å². The quantitative estimate of drug-likeness (QED) is 0.697. The highest BCUT2D eigenvalue weighted by atomic mass is 14.9. The van der Waals surface area contributed by atoms with Crippen molar-refractivity contribution in [1.29, 1.82) is 0 Å². The van der Waals surface area contributed by atoms with E-state index >= 15 is 0 Å². The van der Waals surface area contributed by atoms with Gasteiger partial charge in [0.25, 0.3) is 0 Å². The Morgan fingerprint density at radius 1 is 1.25 bits per heavy atom. The zero-order valence-electron chi connectivity index (χ0n) is 13.1. The molecule has 2 rings (SSSR count). The largest absolute Gasteiger partial charge is 0.359 e. The highest BCUT2D eigenvalue weighted by Gasteiger charge is 2.15. The second kappa shape index (κ2) is 6.60. The van der Waals surface area contributed by atoms with Crippen molar-refractivity contribution < 1.29 is 0 Å². The third-order valence-electron chi connectivity index (χ3n) is 4.07. The predicted molar refractivity (Wildman–Crippen MR) is 89.7 cm³/mol. The monoisotopic (exact) mass is 267 g/mol. The average Bonchev–Trinajstić information content (AvgIpc) is 2.79. The van der Waals surface area contributed by atoms with Gasteiger partial charge in [-0.05, 0) is 50.8 Å². The highest BCUT2D eigenvalue weighted by molar-refractivity contribution is 5.83. The Labute approximate surface area is 123 Å². The van der Waals surface area contributed by atoms with Crippen LogP contribution < -0.4 is 5.32 Å². The SMILES string of the molecule is CC=C(CCC)Nc1ccccc1C1=C(C)C(C)=CC1. The first-order valence-corrected chi connectivity index (χ1v) is 7.55. The van der Waals surface area contributed by atoms with E-state index in [-0.39, 0.29) is 0 Å². The van der Waals surface area contributed by atoms with Gasteiger partial charge in [-0.15, -0.1) is 0 Å². The van der Waals surface area contributed by atoms with E-state index < -0.39 is 0 Å². The zero-order valence-corrected chi connectivity index (χ0v) is 13.1. The smallest absolute Gasteiger partial charge is 0.0458 e. The van der Waals surface area contributed by atoms with Gasteiger partial charge in [0.1, 0.15) is 0 Å². The summed E-state index contributed by atoms with van der Waals surface area (Å²) < 4.78 is 0. The Morgan fingerprint density at radius 2 is 2.00 bits per heavy atom. The zero-order chi connectivity index (χ0) is 14.5. The van der Waals surface area contributed by atoms with Crippen molar-refractivity contribution in [3.63, 3.8) is 0 Å². The molecule has 20 heavy (non-hydrogen) atoms. The van der Waals surface area contributed by atoms with Crippen LogP contribution in [0.1, 0.15) is 52.5 Å². The van der Waals surface area contributed by atoms with E-state index in [0.29, 0.717) is 0 Å². The first-order chi connectivity index (χ1) is 9.67. The molecular weight excluding hydrogens is 242 g/mol. The van der Waals surface area contributed by atoms with Crippen LogP contribution in [0.5, 0.6) is 0 Å². The summed E-state index contributed by atoms with van der Waals surface area (Å²) in [6, 6.07) is 8.65. The van der Waals surface area contributed by atoms with Crippen molar-refractivity contribution in [2.24, 2.45) is 0 Å². The van der Waals surface area contributed by atoms with Crippen LogP contribution in [0.15, 0.2) is 53.3 Å².